The quantitative estimate of drug-likeness (QED) is 0.0375. The molecule has 452 valence electrons. The molecule has 0 aliphatic heterocycles. The Morgan fingerprint density at radius 1 is 0.329 bits per heavy atom. The van der Waals surface area contributed by atoms with Crippen molar-refractivity contribution in [2.75, 3.05) is 7.11 Å². The highest BCUT2D eigenvalue weighted by atomic mass is 16.5. The van der Waals surface area contributed by atoms with Crippen LogP contribution in [0.3, 0.4) is 0 Å². The maximum atomic E-state index is 12.6. The van der Waals surface area contributed by atoms with Crippen molar-refractivity contribution in [3.05, 3.63) is 12.2 Å². The fourth-order valence-electron chi connectivity index (χ4n) is 11.9. The Hall–Kier alpha value is -1.16. The molecular weight excluding hydrogens is 929 g/mol. The lowest BCUT2D eigenvalue weighted by Crippen LogP contribution is -2.29. The van der Waals surface area contributed by atoms with Crippen LogP contribution in [0.1, 0.15) is 412 Å². The molecule has 4 nitrogen and oxygen atoms in total. The molecule has 0 heterocycles. The lowest BCUT2D eigenvalue weighted by atomic mass is 9.91. The Morgan fingerprint density at radius 2 is 0.566 bits per heavy atom. The third-order valence-electron chi connectivity index (χ3n) is 17.5. The highest BCUT2D eigenvalue weighted by Gasteiger charge is 2.26. The van der Waals surface area contributed by atoms with Gasteiger partial charge in [-0.15, -0.1) is 0 Å². The highest BCUT2D eigenvalue weighted by Crippen LogP contribution is 2.24. The summed E-state index contributed by atoms with van der Waals surface area (Å²) in [7, 11) is 1.47. The van der Waals surface area contributed by atoms with E-state index in [1.54, 1.807) is 0 Å². The molecule has 0 aromatic carbocycles. The summed E-state index contributed by atoms with van der Waals surface area (Å²) in [6.45, 7) is 6.77. The van der Waals surface area contributed by atoms with Gasteiger partial charge in [-0.2, -0.15) is 0 Å². The fraction of sp³-hybridized carbons (Fsp3) is 0.944. The number of hydrogen-bond donors (Lipinski definition) is 1. The van der Waals surface area contributed by atoms with Crippen LogP contribution in [0.2, 0.25) is 0 Å². The lowest BCUT2D eigenvalue weighted by Gasteiger charge is -2.20. The number of methoxy groups -OCH3 is 1. The van der Waals surface area contributed by atoms with E-state index in [0.29, 0.717) is 5.78 Å². The normalized spacial score (nSPS) is 13.0. The van der Waals surface area contributed by atoms with E-state index < -0.39 is 6.10 Å². The summed E-state index contributed by atoms with van der Waals surface area (Å²) in [6.07, 6.45) is 84.7. The van der Waals surface area contributed by atoms with Gasteiger partial charge in [0, 0.05) is 12.3 Å². The van der Waals surface area contributed by atoms with Crippen LogP contribution in [0, 0.1) is 11.8 Å². The van der Waals surface area contributed by atoms with E-state index in [2.05, 4.69) is 32.9 Å². The molecule has 0 spiro atoms. The van der Waals surface area contributed by atoms with Crippen molar-refractivity contribution in [1.82, 2.24) is 0 Å². The van der Waals surface area contributed by atoms with Crippen molar-refractivity contribution in [3.63, 3.8) is 0 Å². The Bertz CT molecular complexity index is 1150. The summed E-state index contributed by atoms with van der Waals surface area (Å²) >= 11 is 0. The van der Waals surface area contributed by atoms with E-state index in [0.717, 1.165) is 57.8 Å². The maximum Gasteiger partial charge on any atom is 0.311 e. The number of unbranched alkanes of at least 4 members (excludes halogenated alkanes) is 53. The van der Waals surface area contributed by atoms with Crippen LogP contribution in [0.5, 0.6) is 0 Å². The van der Waals surface area contributed by atoms with Crippen LogP contribution >= 0.6 is 0 Å². The van der Waals surface area contributed by atoms with Crippen molar-refractivity contribution in [3.8, 4) is 0 Å². The number of aliphatic hydroxyl groups excluding tert-OH is 1. The molecule has 4 heteroatoms. The SMILES string of the molecule is CCCCCCCCCCCCCCCCCCCCC(C(=O)OC)C(O)CCCCCCCCCCCCCCCC=CCCCCCCCCCCCCC(=O)C(C)CCCCCCCCCCCCCCCC. The average molecular weight is 1070 g/mol. The van der Waals surface area contributed by atoms with E-state index >= 15 is 0 Å². The van der Waals surface area contributed by atoms with E-state index in [1.165, 1.54) is 341 Å². The summed E-state index contributed by atoms with van der Waals surface area (Å²) in [4.78, 5) is 25.1. The van der Waals surface area contributed by atoms with E-state index in [4.69, 9.17) is 4.74 Å². The largest absolute Gasteiger partial charge is 0.469 e. The third-order valence-corrected chi connectivity index (χ3v) is 17.5. The smallest absolute Gasteiger partial charge is 0.311 e. The maximum absolute atomic E-state index is 12.6. The second-order valence-electron chi connectivity index (χ2n) is 25.0. The van der Waals surface area contributed by atoms with Gasteiger partial charge in [0.1, 0.15) is 5.78 Å². The molecular formula is C72H140O4. The predicted molar refractivity (Wildman–Crippen MR) is 338 cm³/mol. The molecule has 0 amide bonds. The Labute approximate surface area is 478 Å². The number of ketones is 1. The van der Waals surface area contributed by atoms with Crippen LogP contribution in [-0.2, 0) is 14.3 Å². The Kier molecular flexibility index (Phi) is 63.7. The number of carbonyl (C=O) groups is 2. The summed E-state index contributed by atoms with van der Waals surface area (Å²) in [5.74, 6) is 0.228. The molecule has 0 radical (unpaired) electrons. The highest BCUT2D eigenvalue weighted by molar-refractivity contribution is 5.80. The van der Waals surface area contributed by atoms with Crippen molar-refractivity contribution in [2.45, 2.75) is 419 Å². The number of Topliss-reactive ketones (excluding diaryl/α,β-unsaturated/α-hetero) is 1. The minimum Gasteiger partial charge on any atom is -0.469 e. The number of allylic oxidation sites excluding steroid dienone is 2. The molecule has 0 aliphatic rings. The first-order valence-electron chi connectivity index (χ1n) is 35.4. The van der Waals surface area contributed by atoms with Crippen LogP contribution in [-0.4, -0.2) is 30.1 Å². The van der Waals surface area contributed by atoms with Gasteiger partial charge in [0.05, 0.1) is 19.1 Å². The first-order chi connectivity index (χ1) is 37.5. The zero-order valence-electron chi connectivity index (χ0n) is 52.7. The predicted octanol–water partition coefficient (Wildman–Crippen LogP) is 24.7. The summed E-state index contributed by atoms with van der Waals surface area (Å²) < 4.78 is 5.10. The van der Waals surface area contributed by atoms with Crippen LogP contribution in [0.4, 0.5) is 0 Å². The van der Waals surface area contributed by atoms with E-state index in [-0.39, 0.29) is 17.8 Å². The van der Waals surface area contributed by atoms with Gasteiger partial charge in [0.2, 0.25) is 0 Å². The fourth-order valence-corrected chi connectivity index (χ4v) is 11.9. The van der Waals surface area contributed by atoms with Gasteiger partial charge in [-0.3, -0.25) is 9.59 Å². The standard InChI is InChI=1S/C72H140O4/c1-5-7-9-11-13-15-17-19-21-22-34-37-41-45-49-53-57-61-65-69(72(75)76-4)71(74)67-63-59-55-51-47-43-39-36-33-31-29-27-25-23-24-26-28-30-32-35-38-42-46-50-54-58-62-66-70(73)68(3)64-60-56-52-48-44-40-20-18-16-14-12-10-8-6-2/h24,26,68-69,71,74H,5-23,25,27-67H2,1-4H3. The second-order valence-corrected chi connectivity index (χ2v) is 25.0. The Balaban J connectivity index is 3.47. The molecule has 76 heavy (non-hydrogen) atoms. The summed E-state index contributed by atoms with van der Waals surface area (Å²) in [6, 6.07) is 0. The minimum absolute atomic E-state index is 0.219. The zero-order valence-corrected chi connectivity index (χ0v) is 52.7. The number of esters is 1. The summed E-state index contributed by atoms with van der Waals surface area (Å²) in [5, 5.41) is 10.9. The number of rotatable bonds is 66. The molecule has 3 atom stereocenters. The Morgan fingerprint density at radius 3 is 0.855 bits per heavy atom. The van der Waals surface area contributed by atoms with Gasteiger partial charge in [-0.1, -0.05) is 367 Å². The zero-order chi connectivity index (χ0) is 55.1. The van der Waals surface area contributed by atoms with E-state index in [9.17, 15) is 14.7 Å². The van der Waals surface area contributed by atoms with Gasteiger partial charge in [0.25, 0.3) is 0 Å². The van der Waals surface area contributed by atoms with Crippen molar-refractivity contribution >= 4 is 11.8 Å². The van der Waals surface area contributed by atoms with Crippen molar-refractivity contribution in [2.24, 2.45) is 11.8 Å². The van der Waals surface area contributed by atoms with Gasteiger partial charge in [-0.05, 0) is 51.4 Å². The number of ether oxygens (including phenoxy) is 1. The molecule has 0 saturated heterocycles. The van der Waals surface area contributed by atoms with Crippen LogP contribution in [0.25, 0.3) is 0 Å². The molecule has 0 aromatic rings. The van der Waals surface area contributed by atoms with Gasteiger partial charge in [-0.25, -0.2) is 0 Å². The van der Waals surface area contributed by atoms with Crippen molar-refractivity contribution in [1.29, 1.82) is 0 Å². The molecule has 1 N–H and O–H groups in total. The van der Waals surface area contributed by atoms with E-state index in [1.807, 2.05) is 0 Å². The molecule has 0 saturated carbocycles. The minimum atomic E-state index is -0.560. The van der Waals surface area contributed by atoms with Crippen molar-refractivity contribution < 1.29 is 19.4 Å². The molecule has 0 aliphatic carbocycles. The van der Waals surface area contributed by atoms with Gasteiger partial charge >= 0.3 is 5.97 Å². The van der Waals surface area contributed by atoms with Crippen LogP contribution in [0.15, 0.2) is 12.2 Å². The second kappa shape index (κ2) is 64.7. The third kappa shape index (κ3) is 57.5. The van der Waals surface area contributed by atoms with Gasteiger partial charge in [0.15, 0.2) is 0 Å². The van der Waals surface area contributed by atoms with Gasteiger partial charge < -0.3 is 9.84 Å². The molecule has 0 fully saturated rings. The van der Waals surface area contributed by atoms with Crippen LogP contribution < -0.4 is 0 Å². The average Bonchev–Trinajstić information content (AvgIpc) is 3.42. The number of hydrogen-bond acceptors (Lipinski definition) is 4. The topological polar surface area (TPSA) is 63.6 Å². The first-order valence-corrected chi connectivity index (χ1v) is 35.4. The molecule has 3 unspecified atom stereocenters. The lowest BCUT2D eigenvalue weighted by molar-refractivity contribution is -0.150. The molecule has 0 aromatic heterocycles. The number of aliphatic hydroxyl groups is 1. The molecule has 0 rings (SSSR count). The number of carbonyl (C=O) groups excluding carboxylic acids is 2. The first kappa shape index (κ1) is 74.8. The monoisotopic (exact) mass is 1070 g/mol. The summed E-state index contributed by atoms with van der Waals surface area (Å²) in [5.41, 5.74) is 0. The molecule has 0 bridgehead atoms.